The predicted molar refractivity (Wildman–Crippen MR) is 99.1 cm³/mol. The molecule has 1 unspecified atom stereocenters. The summed E-state index contributed by atoms with van der Waals surface area (Å²) in [5, 5.41) is 0. The lowest BCUT2D eigenvalue weighted by molar-refractivity contribution is 0.0521. The van der Waals surface area contributed by atoms with E-state index in [-0.39, 0.29) is 0 Å². The molecule has 130 valence electrons. The Morgan fingerprint density at radius 1 is 1.04 bits per heavy atom. The first kappa shape index (κ1) is 18.3. The number of nitrogens with two attached hydrogens (primary N) is 1. The third-order valence-corrected chi connectivity index (χ3v) is 6.20. The maximum atomic E-state index is 5.49. The van der Waals surface area contributed by atoms with Crippen LogP contribution >= 0.6 is 0 Å². The van der Waals surface area contributed by atoms with E-state index in [0.29, 0.717) is 5.41 Å². The Bertz CT molecular complexity index is 495. The predicted octanol–water partition coefficient (Wildman–Crippen LogP) is 5.08. The lowest BCUT2D eigenvalue weighted by atomic mass is 9.49. The Hall–Kier alpha value is -1.02. The molecule has 23 heavy (non-hydrogen) atoms. The summed E-state index contributed by atoms with van der Waals surface area (Å²) in [6, 6.07) is 6.88. The van der Waals surface area contributed by atoms with Crippen molar-refractivity contribution >= 4 is 0 Å². The van der Waals surface area contributed by atoms with Crippen LogP contribution in [0.2, 0.25) is 0 Å². The Kier molecular flexibility index (Phi) is 6.52. The minimum absolute atomic E-state index is 0.517. The summed E-state index contributed by atoms with van der Waals surface area (Å²) in [5.74, 6) is 2.99. The first-order valence-electron chi connectivity index (χ1n) is 9.59. The fourth-order valence-corrected chi connectivity index (χ4v) is 5.46. The van der Waals surface area contributed by atoms with Crippen molar-refractivity contribution in [1.29, 1.82) is 0 Å². The molecule has 4 rings (SSSR count). The zero-order valence-electron chi connectivity index (χ0n) is 15.5. The van der Waals surface area contributed by atoms with Crippen LogP contribution in [-0.2, 0) is 11.8 Å². The van der Waals surface area contributed by atoms with Gasteiger partial charge in [-0.25, -0.2) is 0 Å². The topological polar surface area (TPSA) is 35.2 Å². The molecule has 0 aromatic heterocycles. The van der Waals surface area contributed by atoms with Crippen molar-refractivity contribution in [2.75, 3.05) is 14.2 Å². The lowest BCUT2D eigenvalue weighted by Gasteiger charge is -2.55. The third kappa shape index (κ3) is 3.15. The number of benzene rings is 1. The second kappa shape index (κ2) is 8.19. The summed E-state index contributed by atoms with van der Waals surface area (Å²) < 4.78 is 5.49. The molecule has 1 aromatic rings. The SMILES string of the molecule is CC.CN.COc1ccc2c(c1)[C@]13CCCC[C@@H]1C(CCC3)C2. The van der Waals surface area contributed by atoms with Gasteiger partial charge in [-0.05, 0) is 79.7 Å². The fraction of sp³-hybridized carbons (Fsp3) is 0.714. The number of fused-ring (bicyclic) bond motifs is 1. The maximum absolute atomic E-state index is 5.49. The van der Waals surface area contributed by atoms with Crippen LogP contribution < -0.4 is 10.5 Å². The van der Waals surface area contributed by atoms with Crippen LogP contribution in [0.5, 0.6) is 5.75 Å². The molecule has 3 atom stereocenters. The molecule has 2 heteroatoms. The van der Waals surface area contributed by atoms with Gasteiger partial charge in [0.25, 0.3) is 0 Å². The van der Waals surface area contributed by atoms with E-state index in [1.807, 2.05) is 13.8 Å². The lowest BCUT2D eigenvalue weighted by Crippen LogP contribution is -2.49. The average molecular weight is 318 g/mol. The highest BCUT2D eigenvalue weighted by molar-refractivity contribution is 5.44. The van der Waals surface area contributed by atoms with Gasteiger partial charge in [-0.2, -0.15) is 0 Å². The van der Waals surface area contributed by atoms with Gasteiger partial charge in [0.05, 0.1) is 7.11 Å². The highest BCUT2D eigenvalue weighted by atomic mass is 16.5. The van der Waals surface area contributed by atoms with Gasteiger partial charge < -0.3 is 10.5 Å². The van der Waals surface area contributed by atoms with E-state index in [9.17, 15) is 0 Å². The maximum Gasteiger partial charge on any atom is 0.119 e. The molecule has 0 spiro atoms. The Morgan fingerprint density at radius 3 is 2.52 bits per heavy atom. The molecule has 3 aliphatic rings. The van der Waals surface area contributed by atoms with Crippen LogP contribution in [0.25, 0.3) is 0 Å². The summed E-state index contributed by atoms with van der Waals surface area (Å²) in [4.78, 5) is 0. The summed E-state index contributed by atoms with van der Waals surface area (Å²) in [7, 11) is 3.30. The van der Waals surface area contributed by atoms with Crippen molar-refractivity contribution in [3.63, 3.8) is 0 Å². The first-order valence-corrected chi connectivity index (χ1v) is 9.59. The molecule has 0 aliphatic heterocycles. The molecule has 2 bridgehead atoms. The number of hydrogen-bond acceptors (Lipinski definition) is 2. The average Bonchev–Trinajstić information content (AvgIpc) is 2.65. The molecule has 2 fully saturated rings. The Labute approximate surface area is 142 Å². The molecule has 1 aromatic carbocycles. The summed E-state index contributed by atoms with van der Waals surface area (Å²) in [5.41, 5.74) is 8.31. The minimum Gasteiger partial charge on any atom is -0.497 e. The van der Waals surface area contributed by atoms with Crippen molar-refractivity contribution in [3.8, 4) is 5.75 Å². The highest BCUT2D eigenvalue weighted by Crippen LogP contribution is 2.58. The van der Waals surface area contributed by atoms with Gasteiger partial charge in [0.2, 0.25) is 0 Å². The summed E-state index contributed by atoms with van der Waals surface area (Å²) in [6.45, 7) is 4.00. The minimum atomic E-state index is 0.517. The highest BCUT2D eigenvalue weighted by Gasteiger charge is 2.51. The van der Waals surface area contributed by atoms with E-state index >= 15 is 0 Å². The van der Waals surface area contributed by atoms with Crippen molar-refractivity contribution in [2.45, 2.75) is 70.6 Å². The van der Waals surface area contributed by atoms with Crippen molar-refractivity contribution < 1.29 is 4.74 Å². The molecule has 2 saturated carbocycles. The zero-order valence-corrected chi connectivity index (χ0v) is 15.5. The normalized spacial score (nSPS) is 30.5. The number of ether oxygens (including phenoxy) is 1. The second-order valence-corrected chi connectivity index (χ2v) is 6.89. The molecule has 0 heterocycles. The van der Waals surface area contributed by atoms with E-state index < -0.39 is 0 Å². The number of rotatable bonds is 1. The molecule has 0 saturated heterocycles. The molecule has 0 radical (unpaired) electrons. The largest absolute Gasteiger partial charge is 0.497 e. The van der Waals surface area contributed by atoms with Crippen LogP contribution in [-0.4, -0.2) is 14.2 Å². The molecular formula is C21H35NO. The standard InChI is InChI=1S/C18H24O.C2H6.CH5N/c1-19-15-8-7-14-11-13-5-4-10-18(17(14)12-15)9-3-2-6-16(13)18;2*1-2/h7-8,12-13,16H,2-6,9-11H2,1H3;1-2H3;2H2,1H3/t13?,16-,18+;;/m1../s1. The van der Waals surface area contributed by atoms with Crippen LogP contribution in [0, 0.1) is 11.8 Å². The van der Waals surface area contributed by atoms with E-state index in [4.69, 9.17) is 4.74 Å². The van der Waals surface area contributed by atoms with Gasteiger partial charge in [0, 0.05) is 0 Å². The van der Waals surface area contributed by atoms with Gasteiger partial charge in [0.15, 0.2) is 0 Å². The number of methoxy groups -OCH3 is 1. The second-order valence-electron chi connectivity index (χ2n) is 6.89. The van der Waals surface area contributed by atoms with Gasteiger partial charge in [-0.15, -0.1) is 0 Å². The molecule has 0 amide bonds. The summed E-state index contributed by atoms with van der Waals surface area (Å²) in [6.07, 6.45) is 11.5. The molecular weight excluding hydrogens is 282 g/mol. The van der Waals surface area contributed by atoms with E-state index in [0.717, 1.165) is 17.6 Å². The number of hydrogen-bond donors (Lipinski definition) is 1. The molecule has 2 N–H and O–H groups in total. The smallest absolute Gasteiger partial charge is 0.119 e. The van der Waals surface area contributed by atoms with Crippen molar-refractivity contribution in [2.24, 2.45) is 17.6 Å². The fourth-order valence-electron chi connectivity index (χ4n) is 5.46. The van der Waals surface area contributed by atoms with E-state index in [1.165, 1.54) is 58.4 Å². The van der Waals surface area contributed by atoms with Crippen LogP contribution in [0.3, 0.4) is 0 Å². The van der Waals surface area contributed by atoms with Crippen LogP contribution in [0.1, 0.15) is 69.9 Å². The quantitative estimate of drug-likeness (QED) is 0.784. The molecule has 2 nitrogen and oxygen atoms in total. The summed E-state index contributed by atoms with van der Waals surface area (Å²) >= 11 is 0. The zero-order chi connectivity index (χ0) is 16.9. The monoisotopic (exact) mass is 317 g/mol. The first-order chi connectivity index (χ1) is 11.3. The van der Waals surface area contributed by atoms with Crippen LogP contribution in [0.4, 0.5) is 0 Å². The van der Waals surface area contributed by atoms with Gasteiger partial charge in [-0.1, -0.05) is 39.2 Å². The van der Waals surface area contributed by atoms with E-state index in [1.54, 1.807) is 18.2 Å². The Morgan fingerprint density at radius 2 is 1.78 bits per heavy atom. The Balaban J connectivity index is 0.000000448. The van der Waals surface area contributed by atoms with Crippen molar-refractivity contribution in [1.82, 2.24) is 0 Å². The van der Waals surface area contributed by atoms with Gasteiger partial charge in [0.1, 0.15) is 5.75 Å². The van der Waals surface area contributed by atoms with Gasteiger partial charge in [-0.3, -0.25) is 0 Å². The molecule has 3 aliphatic carbocycles. The van der Waals surface area contributed by atoms with Crippen LogP contribution in [0.15, 0.2) is 18.2 Å². The third-order valence-electron chi connectivity index (χ3n) is 6.20. The van der Waals surface area contributed by atoms with E-state index in [2.05, 4.69) is 23.9 Å². The van der Waals surface area contributed by atoms with Gasteiger partial charge >= 0.3 is 0 Å². The van der Waals surface area contributed by atoms with Crippen molar-refractivity contribution in [3.05, 3.63) is 29.3 Å².